The molecule has 0 aliphatic carbocycles. The Labute approximate surface area is 80.4 Å². The highest BCUT2D eigenvalue weighted by atomic mass is 32.1. The molecule has 0 radical (unpaired) electrons. The second-order valence-electron chi connectivity index (χ2n) is 3.36. The summed E-state index contributed by atoms with van der Waals surface area (Å²) >= 11 is 1.88. The maximum Gasteiger partial charge on any atom is 0.0351 e. The highest BCUT2D eigenvalue weighted by Crippen LogP contribution is 2.34. The summed E-state index contributed by atoms with van der Waals surface area (Å²) < 4.78 is 1.36. The molecule has 3 N–H and O–H groups in total. The molecule has 0 atom stereocenters. The first-order valence-electron chi connectivity index (χ1n) is 4.35. The SMILES string of the molecule is Nc1ccc2sc3c(c2c1)CNC3. The van der Waals surface area contributed by atoms with E-state index in [0.717, 1.165) is 18.8 Å². The van der Waals surface area contributed by atoms with Crippen LogP contribution in [0.1, 0.15) is 10.4 Å². The van der Waals surface area contributed by atoms with Gasteiger partial charge in [0.05, 0.1) is 0 Å². The van der Waals surface area contributed by atoms with Gasteiger partial charge >= 0.3 is 0 Å². The lowest BCUT2D eigenvalue weighted by Gasteiger charge is -1.95. The van der Waals surface area contributed by atoms with E-state index in [1.807, 2.05) is 17.4 Å². The molecule has 2 aromatic rings. The molecule has 1 aliphatic heterocycles. The van der Waals surface area contributed by atoms with Crippen LogP contribution >= 0.6 is 11.3 Å². The van der Waals surface area contributed by atoms with Gasteiger partial charge in [0.15, 0.2) is 0 Å². The minimum atomic E-state index is 0.861. The van der Waals surface area contributed by atoms with Crippen LogP contribution in [0.3, 0.4) is 0 Å². The van der Waals surface area contributed by atoms with Crippen LogP contribution in [0, 0.1) is 0 Å². The summed E-state index contributed by atoms with van der Waals surface area (Å²) in [5.74, 6) is 0. The standard InChI is InChI=1S/C10H10N2S/c11-6-1-2-9-7(3-6)8-4-12-5-10(8)13-9/h1-3,12H,4-5,11H2. The Morgan fingerprint density at radius 2 is 2.23 bits per heavy atom. The van der Waals surface area contributed by atoms with Crippen LogP contribution in [0.15, 0.2) is 18.2 Å². The van der Waals surface area contributed by atoms with Crippen molar-refractivity contribution in [2.24, 2.45) is 0 Å². The molecule has 0 amide bonds. The lowest BCUT2D eigenvalue weighted by molar-refractivity contribution is 0.769. The van der Waals surface area contributed by atoms with Gasteiger partial charge in [0, 0.05) is 28.4 Å². The Morgan fingerprint density at radius 3 is 3.15 bits per heavy atom. The molecule has 2 nitrogen and oxygen atoms in total. The molecular weight excluding hydrogens is 180 g/mol. The van der Waals surface area contributed by atoms with Gasteiger partial charge in [-0.2, -0.15) is 0 Å². The van der Waals surface area contributed by atoms with Crippen molar-refractivity contribution in [3.05, 3.63) is 28.6 Å². The van der Waals surface area contributed by atoms with Crippen LogP contribution in [0.4, 0.5) is 5.69 Å². The summed E-state index contributed by atoms with van der Waals surface area (Å²) in [6, 6.07) is 6.17. The topological polar surface area (TPSA) is 38.0 Å². The lowest BCUT2D eigenvalue weighted by Crippen LogP contribution is -2.00. The Hall–Kier alpha value is -1.06. The predicted octanol–water partition coefficient (Wildman–Crippen LogP) is 2.09. The molecule has 3 heteroatoms. The number of nitrogens with two attached hydrogens (primary N) is 1. The third kappa shape index (κ3) is 0.975. The molecule has 1 aromatic heterocycles. The molecule has 3 rings (SSSR count). The number of fused-ring (bicyclic) bond motifs is 3. The van der Waals surface area contributed by atoms with E-state index in [2.05, 4.69) is 17.4 Å². The summed E-state index contributed by atoms with van der Waals surface area (Å²) in [5, 5.41) is 4.69. The van der Waals surface area contributed by atoms with Gasteiger partial charge in [-0.3, -0.25) is 0 Å². The van der Waals surface area contributed by atoms with Crippen molar-refractivity contribution in [2.45, 2.75) is 13.1 Å². The van der Waals surface area contributed by atoms with E-state index in [9.17, 15) is 0 Å². The largest absolute Gasteiger partial charge is 0.399 e. The van der Waals surface area contributed by atoms with Crippen LogP contribution in [0.5, 0.6) is 0 Å². The molecule has 0 bridgehead atoms. The minimum absolute atomic E-state index is 0.861. The number of nitrogens with one attached hydrogen (secondary N) is 1. The van der Waals surface area contributed by atoms with E-state index in [0.29, 0.717) is 0 Å². The fraction of sp³-hybridized carbons (Fsp3) is 0.200. The van der Waals surface area contributed by atoms with Gasteiger partial charge < -0.3 is 11.1 Å². The van der Waals surface area contributed by atoms with Crippen molar-refractivity contribution in [1.29, 1.82) is 0 Å². The molecule has 0 fully saturated rings. The number of benzene rings is 1. The molecule has 2 heterocycles. The van der Waals surface area contributed by atoms with E-state index < -0.39 is 0 Å². The summed E-state index contributed by atoms with van der Waals surface area (Å²) in [6.45, 7) is 2.02. The zero-order valence-electron chi connectivity index (χ0n) is 7.13. The summed E-state index contributed by atoms with van der Waals surface area (Å²) in [6.07, 6.45) is 0. The molecule has 1 aromatic carbocycles. The third-order valence-electron chi connectivity index (χ3n) is 2.49. The zero-order valence-corrected chi connectivity index (χ0v) is 7.95. The number of anilines is 1. The maximum absolute atomic E-state index is 5.76. The lowest BCUT2D eigenvalue weighted by atomic mass is 10.1. The monoisotopic (exact) mass is 190 g/mol. The Morgan fingerprint density at radius 1 is 1.31 bits per heavy atom. The third-order valence-corrected chi connectivity index (χ3v) is 3.70. The number of thiophene rings is 1. The molecular formula is C10H10N2S. The second kappa shape index (κ2) is 2.47. The van der Waals surface area contributed by atoms with Gasteiger partial charge in [-0.25, -0.2) is 0 Å². The van der Waals surface area contributed by atoms with E-state index in [1.165, 1.54) is 20.5 Å². The predicted molar refractivity (Wildman–Crippen MR) is 56.8 cm³/mol. The molecule has 0 saturated heterocycles. The summed E-state index contributed by atoms with van der Waals surface area (Å²) in [5.41, 5.74) is 8.07. The summed E-state index contributed by atoms with van der Waals surface area (Å²) in [7, 11) is 0. The first-order chi connectivity index (χ1) is 6.34. The zero-order chi connectivity index (χ0) is 8.84. The number of hydrogen-bond donors (Lipinski definition) is 2. The van der Waals surface area contributed by atoms with Crippen LogP contribution < -0.4 is 11.1 Å². The highest BCUT2D eigenvalue weighted by Gasteiger charge is 2.16. The fourth-order valence-electron chi connectivity index (χ4n) is 1.85. The van der Waals surface area contributed by atoms with Crippen LogP contribution in [0.2, 0.25) is 0 Å². The number of rotatable bonds is 0. The minimum Gasteiger partial charge on any atom is -0.399 e. The maximum atomic E-state index is 5.76. The van der Waals surface area contributed by atoms with Gasteiger partial charge in [0.1, 0.15) is 0 Å². The van der Waals surface area contributed by atoms with E-state index in [4.69, 9.17) is 5.73 Å². The summed E-state index contributed by atoms with van der Waals surface area (Å²) in [4.78, 5) is 1.47. The van der Waals surface area contributed by atoms with Gasteiger partial charge in [-0.1, -0.05) is 0 Å². The molecule has 0 unspecified atom stereocenters. The van der Waals surface area contributed by atoms with Crippen molar-refractivity contribution < 1.29 is 0 Å². The van der Waals surface area contributed by atoms with Crippen LogP contribution in [-0.2, 0) is 13.1 Å². The Bertz CT molecular complexity index is 473. The molecule has 1 aliphatic rings. The first-order valence-corrected chi connectivity index (χ1v) is 5.17. The van der Waals surface area contributed by atoms with Crippen molar-refractivity contribution >= 4 is 27.1 Å². The molecule has 66 valence electrons. The molecule has 0 saturated carbocycles. The smallest absolute Gasteiger partial charge is 0.0351 e. The first kappa shape index (κ1) is 7.35. The van der Waals surface area contributed by atoms with Crippen molar-refractivity contribution in [3.8, 4) is 0 Å². The van der Waals surface area contributed by atoms with Crippen molar-refractivity contribution in [2.75, 3.05) is 5.73 Å². The van der Waals surface area contributed by atoms with E-state index in [1.54, 1.807) is 0 Å². The van der Waals surface area contributed by atoms with Gasteiger partial charge in [0.2, 0.25) is 0 Å². The van der Waals surface area contributed by atoms with Gasteiger partial charge in [-0.05, 0) is 29.1 Å². The fourth-order valence-corrected chi connectivity index (χ4v) is 3.03. The van der Waals surface area contributed by atoms with Crippen LogP contribution in [0.25, 0.3) is 10.1 Å². The average Bonchev–Trinajstić information content (AvgIpc) is 2.64. The van der Waals surface area contributed by atoms with Crippen molar-refractivity contribution in [3.63, 3.8) is 0 Å². The second-order valence-corrected chi connectivity index (χ2v) is 4.50. The van der Waals surface area contributed by atoms with Gasteiger partial charge in [-0.15, -0.1) is 11.3 Å². The quantitative estimate of drug-likeness (QED) is 0.624. The average molecular weight is 190 g/mol. The molecule has 0 spiro atoms. The number of nitrogen functional groups attached to an aromatic ring is 1. The molecule has 13 heavy (non-hydrogen) atoms. The highest BCUT2D eigenvalue weighted by molar-refractivity contribution is 7.19. The number of hydrogen-bond acceptors (Lipinski definition) is 3. The van der Waals surface area contributed by atoms with E-state index >= 15 is 0 Å². The van der Waals surface area contributed by atoms with Gasteiger partial charge in [0.25, 0.3) is 0 Å². The van der Waals surface area contributed by atoms with Crippen molar-refractivity contribution in [1.82, 2.24) is 5.32 Å². The normalized spacial score (nSPS) is 15.1. The Kier molecular flexibility index (Phi) is 1.39. The van der Waals surface area contributed by atoms with Crippen LogP contribution in [-0.4, -0.2) is 0 Å². The Balaban J connectivity index is 2.40. The van der Waals surface area contributed by atoms with E-state index in [-0.39, 0.29) is 0 Å².